The fourth-order valence-corrected chi connectivity index (χ4v) is 2.45. The molecular weight excluding hydrogens is 250 g/mol. The predicted octanol–water partition coefficient (Wildman–Crippen LogP) is 1.96. The van der Waals surface area contributed by atoms with Gasteiger partial charge in [-0.3, -0.25) is 5.10 Å². The number of hydrogen-bond donors (Lipinski definition) is 3. The molecule has 0 aromatic carbocycles. The molecule has 0 amide bonds. The number of hydrogen-bond acceptors (Lipinski definition) is 6. The van der Waals surface area contributed by atoms with Crippen molar-refractivity contribution in [2.75, 3.05) is 5.32 Å². The zero-order valence-electron chi connectivity index (χ0n) is 9.64. The third-order valence-electron chi connectivity index (χ3n) is 2.44. The molecule has 0 radical (unpaired) electrons. The number of anilines is 2. The number of aromatic nitrogens is 4. The topological polar surface area (TPSA) is 86.7 Å². The monoisotopic (exact) mass is 261 g/mol. The van der Waals surface area contributed by atoms with Crippen LogP contribution in [-0.4, -0.2) is 25.3 Å². The van der Waals surface area contributed by atoms with Crippen molar-refractivity contribution in [3.63, 3.8) is 0 Å². The number of aliphatic hydroxyl groups is 1. The van der Waals surface area contributed by atoms with Crippen molar-refractivity contribution < 1.29 is 5.11 Å². The highest BCUT2D eigenvalue weighted by Gasteiger charge is 2.09. The fourth-order valence-electron chi connectivity index (χ4n) is 1.67. The largest absolute Gasteiger partial charge is 0.388 e. The second-order valence-corrected chi connectivity index (χ2v) is 4.76. The van der Waals surface area contributed by atoms with Crippen molar-refractivity contribution in [1.29, 1.82) is 0 Å². The molecule has 0 aliphatic carbocycles. The lowest BCUT2D eigenvalue weighted by atomic mass is 10.4. The maximum absolute atomic E-state index is 9.16. The Labute approximate surface area is 107 Å². The minimum absolute atomic E-state index is 0.180. The van der Waals surface area contributed by atoms with Crippen molar-refractivity contribution in [1.82, 2.24) is 20.2 Å². The van der Waals surface area contributed by atoms with Crippen LogP contribution in [0.4, 0.5) is 11.6 Å². The van der Waals surface area contributed by atoms with Crippen LogP contribution >= 0.6 is 11.3 Å². The molecule has 0 atom stereocenters. The molecule has 3 aromatic rings. The van der Waals surface area contributed by atoms with Crippen molar-refractivity contribution >= 4 is 33.2 Å². The Balaban J connectivity index is 2.06. The first-order valence-electron chi connectivity index (χ1n) is 5.40. The number of fused-ring (bicyclic) bond motifs is 1. The first kappa shape index (κ1) is 11.1. The third-order valence-corrected chi connectivity index (χ3v) is 3.35. The summed E-state index contributed by atoms with van der Waals surface area (Å²) in [4.78, 5) is 8.52. The fraction of sp³-hybridized carbons (Fsp3) is 0.182. The van der Waals surface area contributed by atoms with Gasteiger partial charge in [0, 0.05) is 11.8 Å². The lowest BCUT2D eigenvalue weighted by Gasteiger charge is -2.04. The van der Waals surface area contributed by atoms with Gasteiger partial charge in [-0.1, -0.05) is 0 Å². The minimum atomic E-state index is -0.180. The average molecular weight is 261 g/mol. The molecular formula is C11H11N5OS. The van der Waals surface area contributed by atoms with Gasteiger partial charge in [0.05, 0.1) is 10.2 Å². The first-order valence-corrected chi connectivity index (χ1v) is 6.28. The summed E-state index contributed by atoms with van der Waals surface area (Å²) >= 11 is 1.55. The molecule has 7 heteroatoms. The van der Waals surface area contributed by atoms with Gasteiger partial charge in [-0.25, -0.2) is 9.97 Å². The maximum atomic E-state index is 9.16. The molecule has 0 fully saturated rings. The van der Waals surface area contributed by atoms with Crippen molar-refractivity contribution in [2.45, 2.75) is 13.5 Å². The molecule has 6 nitrogen and oxygen atoms in total. The van der Waals surface area contributed by atoms with Crippen LogP contribution in [0.15, 0.2) is 17.5 Å². The summed E-state index contributed by atoms with van der Waals surface area (Å²) < 4.78 is 0.952. The van der Waals surface area contributed by atoms with Gasteiger partial charge in [0.1, 0.15) is 6.61 Å². The molecule has 3 N–H and O–H groups in total. The molecule has 0 saturated carbocycles. The average Bonchev–Trinajstić information content (AvgIpc) is 2.98. The Hall–Kier alpha value is -1.99. The summed E-state index contributed by atoms with van der Waals surface area (Å²) in [6.07, 6.45) is 0. The summed E-state index contributed by atoms with van der Waals surface area (Å²) in [6, 6.07) is 3.79. The third kappa shape index (κ3) is 1.93. The van der Waals surface area contributed by atoms with E-state index in [0.29, 0.717) is 17.5 Å². The van der Waals surface area contributed by atoms with E-state index in [1.165, 1.54) is 0 Å². The molecule has 0 unspecified atom stereocenters. The van der Waals surface area contributed by atoms with Crippen LogP contribution in [0, 0.1) is 6.92 Å². The Morgan fingerprint density at radius 2 is 2.33 bits per heavy atom. The highest BCUT2D eigenvalue weighted by Crippen LogP contribution is 2.27. The molecule has 0 spiro atoms. The molecule has 0 saturated heterocycles. The molecule has 0 aliphatic rings. The normalized spacial score (nSPS) is 11.0. The van der Waals surface area contributed by atoms with Gasteiger partial charge >= 0.3 is 0 Å². The zero-order valence-corrected chi connectivity index (χ0v) is 10.5. The van der Waals surface area contributed by atoms with Gasteiger partial charge in [-0.15, -0.1) is 11.3 Å². The summed E-state index contributed by atoms with van der Waals surface area (Å²) in [5.41, 5.74) is 1.80. The van der Waals surface area contributed by atoms with E-state index in [0.717, 1.165) is 15.9 Å². The molecule has 0 aliphatic heterocycles. The molecule has 92 valence electrons. The van der Waals surface area contributed by atoms with Gasteiger partial charge in [0.2, 0.25) is 0 Å². The summed E-state index contributed by atoms with van der Waals surface area (Å²) in [5.74, 6) is 1.77. The standard InChI is InChI=1S/C11H11N5OS/c1-6-4-8(16-15-6)13-11-10-7(2-3-18-10)12-9(5-17)14-11/h2-4,17H,5H2,1H3,(H2,12,13,14,15,16). The van der Waals surface area contributed by atoms with E-state index >= 15 is 0 Å². The SMILES string of the molecule is Cc1cc(Nc2nc(CO)nc3ccsc23)n[nH]1. The quantitative estimate of drug-likeness (QED) is 0.671. The lowest BCUT2D eigenvalue weighted by Crippen LogP contribution is -2.00. The Bertz CT molecular complexity index is 690. The number of aliphatic hydroxyl groups excluding tert-OH is 1. The van der Waals surface area contributed by atoms with Crippen LogP contribution in [0.25, 0.3) is 10.2 Å². The number of H-pyrrole nitrogens is 1. The summed E-state index contributed by atoms with van der Waals surface area (Å²) in [5, 5.41) is 21.2. The Kier molecular flexibility index (Phi) is 2.69. The van der Waals surface area contributed by atoms with Gasteiger partial charge in [-0.05, 0) is 18.4 Å². The molecule has 18 heavy (non-hydrogen) atoms. The molecule has 3 aromatic heterocycles. The van der Waals surface area contributed by atoms with E-state index in [4.69, 9.17) is 5.11 Å². The number of nitrogens with one attached hydrogen (secondary N) is 2. The van der Waals surface area contributed by atoms with Crippen molar-refractivity contribution in [3.05, 3.63) is 29.0 Å². The second-order valence-electron chi connectivity index (χ2n) is 3.84. The molecule has 3 heterocycles. The van der Waals surface area contributed by atoms with Crippen LogP contribution in [0.3, 0.4) is 0 Å². The highest BCUT2D eigenvalue weighted by atomic mass is 32.1. The molecule has 3 rings (SSSR count). The van der Waals surface area contributed by atoms with Crippen LogP contribution in [-0.2, 0) is 6.61 Å². The molecule has 0 bridgehead atoms. The van der Waals surface area contributed by atoms with E-state index in [1.54, 1.807) is 11.3 Å². The Morgan fingerprint density at radius 3 is 3.06 bits per heavy atom. The van der Waals surface area contributed by atoms with E-state index in [2.05, 4.69) is 25.5 Å². The summed E-state index contributed by atoms with van der Waals surface area (Å²) in [6.45, 7) is 1.75. The summed E-state index contributed by atoms with van der Waals surface area (Å²) in [7, 11) is 0. The maximum Gasteiger partial charge on any atom is 0.156 e. The minimum Gasteiger partial charge on any atom is -0.388 e. The van der Waals surface area contributed by atoms with E-state index in [-0.39, 0.29) is 6.61 Å². The number of rotatable bonds is 3. The second kappa shape index (κ2) is 4.35. The number of nitrogens with zero attached hydrogens (tertiary/aromatic N) is 3. The highest BCUT2D eigenvalue weighted by molar-refractivity contribution is 7.17. The van der Waals surface area contributed by atoms with Gasteiger partial charge in [0.25, 0.3) is 0 Å². The Morgan fingerprint density at radius 1 is 1.44 bits per heavy atom. The van der Waals surface area contributed by atoms with E-state index in [1.807, 2.05) is 24.4 Å². The van der Waals surface area contributed by atoms with E-state index < -0.39 is 0 Å². The van der Waals surface area contributed by atoms with Crippen LogP contribution in [0.1, 0.15) is 11.5 Å². The first-order chi connectivity index (χ1) is 8.76. The van der Waals surface area contributed by atoms with Gasteiger partial charge in [-0.2, -0.15) is 5.10 Å². The number of aromatic amines is 1. The van der Waals surface area contributed by atoms with Crippen molar-refractivity contribution in [3.8, 4) is 0 Å². The lowest BCUT2D eigenvalue weighted by molar-refractivity contribution is 0.272. The van der Waals surface area contributed by atoms with Gasteiger partial charge in [0.15, 0.2) is 17.5 Å². The smallest absolute Gasteiger partial charge is 0.156 e. The van der Waals surface area contributed by atoms with E-state index in [9.17, 15) is 0 Å². The van der Waals surface area contributed by atoms with Gasteiger partial charge < -0.3 is 10.4 Å². The number of thiophene rings is 1. The van der Waals surface area contributed by atoms with Crippen LogP contribution in [0.2, 0.25) is 0 Å². The predicted molar refractivity (Wildman–Crippen MR) is 69.9 cm³/mol. The van der Waals surface area contributed by atoms with Crippen molar-refractivity contribution in [2.24, 2.45) is 0 Å². The zero-order chi connectivity index (χ0) is 12.5. The van der Waals surface area contributed by atoms with Crippen LogP contribution in [0.5, 0.6) is 0 Å². The number of aryl methyl sites for hydroxylation is 1. The van der Waals surface area contributed by atoms with Crippen LogP contribution < -0.4 is 5.32 Å².